The number of hydrogen-bond donors (Lipinski definition) is 2. The fraction of sp³-hybridized carbons (Fsp3) is 0.400. The summed E-state index contributed by atoms with van der Waals surface area (Å²) >= 11 is 5.99. The number of aromatic hydroxyl groups is 1. The minimum Gasteiger partial charge on any atom is -0.507 e. The second kappa shape index (κ2) is 3.99. The standard InChI is InChI=1S/C10H14ClNO/c1-6-4-9(11)7(2)8(5-12-3)10(6)13/h4,12-13H,5H2,1-3H3. The molecular weight excluding hydrogens is 186 g/mol. The smallest absolute Gasteiger partial charge is 0.123 e. The maximum Gasteiger partial charge on any atom is 0.123 e. The van der Waals surface area contributed by atoms with Gasteiger partial charge in [-0.25, -0.2) is 0 Å². The summed E-state index contributed by atoms with van der Waals surface area (Å²) in [6.45, 7) is 4.40. The zero-order valence-electron chi connectivity index (χ0n) is 8.11. The van der Waals surface area contributed by atoms with E-state index in [0.717, 1.165) is 16.7 Å². The summed E-state index contributed by atoms with van der Waals surface area (Å²) in [4.78, 5) is 0. The van der Waals surface area contributed by atoms with Gasteiger partial charge in [0, 0.05) is 17.1 Å². The van der Waals surface area contributed by atoms with Crippen molar-refractivity contribution < 1.29 is 5.11 Å². The van der Waals surface area contributed by atoms with Gasteiger partial charge in [-0.3, -0.25) is 0 Å². The molecule has 0 saturated carbocycles. The Bertz CT molecular complexity index is 297. The Balaban J connectivity index is 3.28. The van der Waals surface area contributed by atoms with E-state index in [2.05, 4.69) is 5.32 Å². The topological polar surface area (TPSA) is 32.3 Å². The van der Waals surface area contributed by atoms with Gasteiger partial charge in [0.1, 0.15) is 5.75 Å². The number of phenolic OH excluding ortho intramolecular Hbond substituents is 1. The summed E-state index contributed by atoms with van der Waals surface area (Å²) < 4.78 is 0. The van der Waals surface area contributed by atoms with Crippen molar-refractivity contribution in [3.63, 3.8) is 0 Å². The Morgan fingerprint density at radius 2 is 2.08 bits per heavy atom. The Hall–Kier alpha value is -0.730. The highest BCUT2D eigenvalue weighted by Gasteiger charge is 2.10. The van der Waals surface area contributed by atoms with Gasteiger partial charge < -0.3 is 10.4 Å². The van der Waals surface area contributed by atoms with Gasteiger partial charge in [-0.1, -0.05) is 11.6 Å². The van der Waals surface area contributed by atoms with Crippen molar-refractivity contribution in [1.29, 1.82) is 0 Å². The van der Waals surface area contributed by atoms with Crippen LogP contribution in [-0.2, 0) is 6.54 Å². The molecule has 2 nitrogen and oxygen atoms in total. The van der Waals surface area contributed by atoms with E-state index < -0.39 is 0 Å². The Morgan fingerprint density at radius 3 is 2.62 bits per heavy atom. The van der Waals surface area contributed by atoms with Crippen molar-refractivity contribution in [1.82, 2.24) is 5.32 Å². The third-order valence-electron chi connectivity index (χ3n) is 2.17. The highest BCUT2D eigenvalue weighted by atomic mass is 35.5. The largest absolute Gasteiger partial charge is 0.507 e. The molecule has 0 bridgehead atoms. The van der Waals surface area contributed by atoms with E-state index in [1.807, 2.05) is 20.9 Å². The fourth-order valence-electron chi connectivity index (χ4n) is 1.32. The van der Waals surface area contributed by atoms with Gasteiger partial charge in [0.25, 0.3) is 0 Å². The monoisotopic (exact) mass is 199 g/mol. The molecule has 0 atom stereocenters. The maximum absolute atomic E-state index is 9.74. The van der Waals surface area contributed by atoms with Gasteiger partial charge >= 0.3 is 0 Å². The molecule has 0 saturated heterocycles. The quantitative estimate of drug-likeness (QED) is 0.767. The molecule has 1 rings (SSSR count). The van der Waals surface area contributed by atoms with Gasteiger partial charge in [0.15, 0.2) is 0 Å². The predicted octanol–water partition coefficient (Wildman–Crippen LogP) is 2.38. The number of hydrogen-bond acceptors (Lipinski definition) is 2. The van der Waals surface area contributed by atoms with E-state index in [0.29, 0.717) is 17.3 Å². The summed E-state index contributed by atoms with van der Waals surface area (Å²) in [5.41, 5.74) is 2.65. The molecule has 2 N–H and O–H groups in total. The zero-order valence-corrected chi connectivity index (χ0v) is 8.87. The molecule has 0 radical (unpaired) electrons. The number of halogens is 1. The molecule has 0 heterocycles. The van der Waals surface area contributed by atoms with Gasteiger partial charge in [-0.15, -0.1) is 0 Å². The van der Waals surface area contributed by atoms with E-state index in [9.17, 15) is 5.11 Å². The van der Waals surface area contributed by atoms with Crippen molar-refractivity contribution in [3.8, 4) is 5.75 Å². The van der Waals surface area contributed by atoms with Crippen LogP contribution in [-0.4, -0.2) is 12.2 Å². The van der Waals surface area contributed by atoms with Crippen molar-refractivity contribution in [2.75, 3.05) is 7.05 Å². The highest BCUT2D eigenvalue weighted by molar-refractivity contribution is 6.31. The Kier molecular flexibility index (Phi) is 3.17. The number of phenols is 1. The summed E-state index contributed by atoms with van der Waals surface area (Å²) in [6.07, 6.45) is 0. The SMILES string of the molecule is CNCc1c(C)c(Cl)cc(C)c1O. The number of nitrogens with one attached hydrogen (secondary N) is 1. The van der Waals surface area contributed by atoms with Crippen LogP contribution in [0.2, 0.25) is 5.02 Å². The first kappa shape index (κ1) is 10.4. The minimum atomic E-state index is 0.344. The first-order chi connectivity index (χ1) is 6.07. The van der Waals surface area contributed by atoms with E-state index in [1.54, 1.807) is 6.07 Å². The fourth-order valence-corrected chi connectivity index (χ4v) is 1.60. The van der Waals surface area contributed by atoms with Crippen LogP contribution in [0.15, 0.2) is 6.07 Å². The van der Waals surface area contributed by atoms with Crippen molar-refractivity contribution in [3.05, 3.63) is 27.8 Å². The Morgan fingerprint density at radius 1 is 1.46 bits per heavy atom. The van der Waals surface area contributed by atoms with E-state index in [4.69, 9.17) is 11.6 Å². The molecule has 0 aliphatic carbocycles. The lowest BCUT2D eigenvalue weighted by molar-refractivity contribution is 0.461. The highest BCUT2D eigenvalue weighted by Crippen LogP contribution is 2.30. The van der Waals surface area contributed by atoms with Crippen LogP contribution in [0.4, 0.5) is 0 Å². The third-order valence-corrected chi connectivity index (χ3v) is 2.56. The second-order valence-electron chi connectivity index (χ2n) is 3.16. The first-order valence-electron chi connectivity index (χ1n) is 4.20. The molecule has 1 aromatic rings. The maximum atomic E-state index is 9.74. The molecule has 72 valence electrons. The lowest BCUT2D eigenvalue weighted by atomic mass is 10.0. The van der Waals surface area contributed by atoms with Crippen LogP contribution >= 0.6 is 11.6 Å². The summed E-state index contributed by atoms with van der Waals surface area (Å²) in [6, 6.07) is 1.78. The molecule has 0 aromatic heterocycles. The summed E-state index contributed by atoms with van der Waals surface area (Å²) in [7, 11) is 1.84. The number of rotatable bonds is 2. The van der Waals surface area contributed by atoms with E-state index in [1.165, 1.54) is 0 Å². The van der Waals surface area contributed by atoms with Gasteiger partial charge in [0.05, 0.1) is 0 Å². The average molecular weight is 200 g/mol. The molecule has 0 amide bonds. The molecule has 0 aliphatic heterocycles. The van der Waals surface area contributed by atoms with Gasteiger partial charge in [-0.05, 0) is 38.1 Å². The average Bonchev–Trinajstić information content (AvgIpc) is 2.09. The normalized spacial score (nSPS) is 10.5. The number of aryl methyl sites for hydroxylation is 1. The van der Waals surface area contributed by atoms with Crippen LogP contribution in [0, 0.1) is 13.8 Å². The summed E-state index contributed by atoms with van der Waals surface area (Å²) in [5, 5.41) is 13.4. The zero-order chi connectivity index (χ0) is 10.0. The molecule has 13 heavy (non-hydrogen) atoms. The molecule has 1 aromatic carbocycles. The van der Waals surface area contributed by atoms with Gasteiger partial charge in [-0.2, -0.15) is 0 Å². The molecule has 0 spiro atoms. The molecule has 3 heteroatoms. The lowest BCUT2D eigenvalue weighted by Gasteiger charge is -2.11. The van der Waals surface area contributed by atoms with Crippen LogP contribution in [0.3, 0.4) is 0 Å². The first-order valence-corrected chi connectivity index (χ1v) is 4.58. The molecule has 0 fully saturated rings. The van der Waals surface area contributed by atoms with Crippen molar-refractivity contribution in [2.45, 2.75) is 20.4 Å². The van der Waals surface area contributed by atoms with Crippen LogP contribution < -0.4 is 5.32 Å². The third kappa shape index (κ3) is 1.95. The van der Waals surface area contributed by atoms with Crippen LogP contribution in [0.1, 0.15) is 16.7 Å². The molecular formula is C10H14ClNO. The minimum absolute atomic E-state index is 0.344. The molecule has 0 unspecified atom stereocenters. The van der Waals surface area contributed by atoms with Crippen LogP contribution in [0.25, 0.3) is 0 Å². The van der Waals surface area contributed by atoms with Gasteiger partial charge in [0.2, 0.25) is 0 Å². The van der Waals surface area contributed by atoms with Crippen molar-refractivity contribution in [2.24, 2.45) is 0 Å². The lowest BCUT2D eigenvalue weighted by Crippen LogP contribution is -2.07. The number of benzene rings is 1. The van der Waals surface area contributed by atoms with Crippen molar-refractivity contribution >= 4 is 11.6 Å². The Labute approximate surface area is 83.5 Å². The second-order valence-corrected chi connectivity index (χ2v) is 3.56. The molecule has 0 aliphatic rings. The summed E-state index contributed by atoms with van der Waals surface area (Å²) in [5.74, 6) is 0.344. The van der Waals surface area contributed by atoms with Crippen LogP contribution in [0.5, 0.6) is 5.75 Å². The van der Waals surface area contributed by atoms with E-state index in [-0.39, 0.29) is 0 Å². The predicted molar refractivity (Wildman–Crippen MR) is 55.4 cm³/mol. The van der Waals surface area contributed by atoms with E-state index >= 15 is 0 Å².